The first-order chi connectivity index (χ1) is 10.7. The van der Waals surface area contributed by atoms with Gasteiger partial charge in [0.1, 0.15) is 6.61 Å². The molecule has 1 fully saturated rings. The van der Waals surface area contributed by atoms with Gasteiger partial charge in [-0.1, -0.05) is 30.3 Å². The first-order valence-electron chi connectivity index (χ1n) is 7.60. The van der Waals surface area contributed by atoms with Gasteiger partial charge in [0.05, 0.1) is 12.6 Å². The summed E-state index contributed by atoms with van der Waals surface area (Å²) in [5.41, 5.74) is 1.00. The minimum Gasteiger partial charge on any atom is -0.460 e. The van der Waals surface area contributed by atoms with Crippen LogP contribution in [-0.4, -0.2) is 72.0 Å². The summed E-state index contributed by atoms with van der Waals surface area (Å²) >= 11 is 4.08. The van der Waals surface area contributed by atoms with Crippen molar-refractivity contribution in [3.05, 3.63) is 35.9 Å². The Kier molecular flexibility index (Phi) is 7.18. The number of benzene rings is 1. The van der Waals surface area contributed by atoms with Crippen LogP contribution in [0.1, 0.15) is 5.56 Å². The number of hydrogen-bond acceptors (Lipinski definition) is 6. The van der Waals surface area contributed by atoms with Gasteiger partial charge in [-0.2, -0.15) is 12.6 Å². The van der Waals surface area contributed by atoms with Crippen molar-refractivity contribution in [2.24, 2.45) is 0 Å². The van der Waals surface area contributed by atoms with E-state index in [1.807, 2.05) is 30.3 Å². The second-order valence-corrected chi connectivity index (χ2v) is 5.92. The Morgan fingerprint density at radius 1 is 1.18 bits per heavy atom. The highest BCUT2D eigenvalue weighted by molar-refractivity contribution is 7.80. The van der Waals surface area contributed by atoms with Crippen LogP contribution in [0.5, 0.6) is 0 Å². The lowest BCUT2D eigenvalue weighted by molar-refractivity contribution is -0.146. The van der Waals surface area contributed by atoms with Crippen LogP contribution in [0.25, 0.3) is 0 Å². The Morgan fingerprint density at radius 3 is 2.45 bits per heavy atom. The van der Waals surface area contributed by atoms with Crippen LogP contribution in [0.4, 0.5) is 0 Å². The van der Waals surface area contributed by atoms with Crippen LogP contribution < -0.4 is 0 Å². The minimum absolute atomic E-state index is 0.187. The molecular formula is C16H24N2O3S. The third-order valence-electron chi connectivity index (χ3n) is 3.74. The molecule has 1 aliphatic heterocycles. The van der Waals surface area contributed by atoms with Crippen LogP contribution in [-0.2, 0) is 16.1 Å². The number of rotatable bonds is 7. The Balaban J connectivity index is 1.64. The maximum Gasteiger partial charge on any atom is 0.320 e. The van der Waals surface area contributed by atoms with Crippen LogP contribution in [0.2, 0.25) is 0 Å². The lowest BCUT2D eigenvalue weighted by Crippen LogP contribution is -2.50. The molecule has 0 amide bonds. The molecule has 5 nitrogen and oxygen atoms in total. The maximum absolute atomic E-state index is 11.9. The molecule has 22 heavy (non-hydrogen) atoms. The molecule has 2 rings (SSSR count). The van der Waals surface area contributed by atoms with Crippen molar-refractivity contribution in [1.82, 2.24) is 9.80 Å². The Bertz CT molecular complexity index is 450. The molecule has 0 aliphatic carbocycles. The van der Waals surface area contributed by atoms with Crippen LogP contribution in [0, 0.1) is 0 Å². The monoisotopic (exact) mass is 324 g/mol. The molecule has 1 N–H and O–H groups in total. The highest BCUT2D eigenvalue weighted by atomic mass is 32.1. The molecule has 0 saturated carbocycles. The third kappa shape index (κ3) is 5.96. The van der Waals surface area contributed by atoms with Crippen LogP contribution >= 0.6 is 12.6 Å². The molecule has 1 aromatic rings. The van der Waals surface area contributed by atoms with Gasteiger partial charge in [0.15, 0.2) is 0 Å². The molecule has 1 aliphatic rings. The fraction of sp³-hybridized carbons (Fsp3) is 0.562. The molecule has 1 saturated heterocycles. The molecule has 1 atom stereocenters. The van der Waals surface area contributed by atoms with E-state index in [-0.39, 0.29) is 12.1 Å². The number of hydrogen-bond donors (Lipinski definition) is 2. The molecule has 1 aromatic carbocycles. The smallest absolute Gasteiger partial charge is 0.320 e. The summed E-state index contributed by atoms with van der Waals surface area (Å²) in [6, 6.07) is 9.69. The number of thiol groups is 1. The number of β-amino-alcohol motifs (C(OH)–C–C–N with tert-alkyl or cyclic N) is 1. The van der Waals surface area contributed by atoms with E-state index < -0.39 is 0 Å². The predicted octanol–water partition coefficient (Wildman–Crippen LogP) is 0.638. The normalized spacial score (nSPS) is 18.1. The predicted molar refractivity (Wildman–Crippen MR) is 89.0 cm³/mol. The van der Waals surface area contributed by atoms with Crippen molar-refractivity contribution in [3.8, 4) is 0 Å². The van der Waals surface area contributed by atoms with Gasteiger partial charge in [0, 0.05) is 38.5 Å². The number of aliphatic hydroxyl groups is 1. The van der Waals surface area contributed by atoms with Crippen molar-refractivity contribution in [1.29, 1.82) is 0 Å². The standard InChI is InChI=1S/C16H24N2O3S/c19-15(13-22)10-17-6-8-18(9-7-17)11-16(20)21-12-14-4-2-1-3-5-14/h1-5,15,19,22H,6-13H2/t15-/m1/s1. The Labute approximate surface area is 137 Å². The SMILES string of the molecule is O=C(CN1CCN(C[C@@H](O)CS)CC1)OCc1ccccc1. The largest absolute Gasteiger partial charge is 0.460 e. The summed E-state index contributed by atoms with van der Waals surface area (Å²) in [6.45, 7) is 4.66. The molecule has 0 bridgehead atoms. The number of esters is 1. The van der Waals surface area contributed by atoms with E-state index >= 15 is 0 Å². The van der Waals surface area contributed by atoms with E-state index in [4.69, 9.17) is 4.74 Å². The molecular weight excluding hydrogens is 300 g/mol. The van der Waals surface area contributed by atoms with Gasteiger partial charge in [0.25, 0.3) is 0 Å². The maximum atomic E-state index is 11.9. The van der Waals surface area contributed by atoms with Gasteiger partial charge < -0.3 is 9.84 Å². The zero-order chi connectivity index (χ0) is 15.8. The lowest BCUT2D eigenvalue weighted by Gasteiger charge is -2.34. The lowest BCUT2D eigenvalue weighted by atomic mass is 10.2. The van der Waals surface area contributed by atoms with Gasteiger partial charge in [0.2, 0.25) is 0 Å². The first kappa shape index (κ1) is 17.3. The van der Waals surface area contributed by atoms with Crippen LogP contribution in [0.15, 0.2) is 30.3 Å². The van der Waals surface area contributed by atoms with Crippen molar-refractivity contribution in [2.45, 2.75) is 12.7 Å². The van der Waals surface area contributed by atoms with Crippen molar-refractivity contribution in [3.63, 3.8) is 0 Å². The molecule has 0 unspecified atom stereocenters. The van der Waals surface area contributed by atoms with E-state index in [0.717, 1.165) is 31.7 Å². The topological polar surface area (TPSA) is 53.0 Å². The minimum atomic E-state index is -0.384. The number of aliphatic hydroxyl groups excluding tert-OH is 1. The summed E-state index contributed by atoms with van der Waals surface area (Å²) in [5, 5.41) is 9.59. The van der Waals surface area contributed by atoms with E-state index in [2.05, 4.69) is 22.4 Å². The summed E-state index contributed by atoms with van der Waals surface area (Å²) in [5.74, 6) is 0.291. The van der Waals surface area contributed by atoms with Gasteiger partial charge in [-0.25, -0.2) is 0 Å². The van der Waals surface area contributed by atoms with Crippen LogP contribution in [0.3, 0.4) is 0 Å². The summed E-state index contributed by atoms with van der Waals surface area (Å²) in [6.07, 6.45) is -0.384. The molecule has 1 heterocycles. The summed E-state index contributed by atoms with van der Waals surface area (Å²) in [7, 11) is 0. The summed E-state index contributed by atoms with van der Waals surface area (Å²) in [4.78, 5) is 16.2. The fourth-order valence-electron chi connectivity index (χ4n) is 2.45. The molecule has 0 radical (unpaired) electrons. The van der Waals surface area contributed by atoms with Gasteiger partial charge in [-0.3, -0.25) is 14.6 Å². The van der Waals surface area contributed by atoms with E-state index in [0.29, 0.717) is 25.4 Å². The molecule has 122 valence electrons. The second-order valence-electron chi connectivity index (χ2n) is 5.56. The van der Waals surface area contributed by atoms with Crippen molar-refractivity contribution in [2.75, 3.05) is 45.0 Å². The number of nitrogens with zero attached hydrogens (tertiary/aromatic N) is 2. The Hall–Kier alpha value is -1.08. The van der Waals surface area contributed by atoms with E-state index in [9.17, 15) is 9.90 Å². The second kappa shape index (κ2) is 9.15. The van der Waals surface area contributed by atoms with Crippen molar-refractivity contribution < 1.29 is 14.6 Å². The van der Waals surface area contributed by atoms with E-state index in [1.54, 1.807) is 0 Å². The van der Waals surface area contributed by atoms with Gasteiger partial charge >= 0.3 is 5.97 Å². The Morgan fingerprint density at radius 2 is 1.82 bits per heavy atom. The average molecular weight is 324 g/mol. The highest BCUT2D eigenvalue weighted by Gasteiger charge is 2.20. The van der Waals surface area contributed by atoms with Crippen molar-refractivity contribution >= 4 is 18.6 Å². The third-order valence-corrected chi connectivity index (χ3v) is 4.16. The van der Waals surface area contributed by atoms with Gasteiger partial charge in [-0.05, 0) is 5.56 Å². The average Bonchev–Trinajstić information content (AvgIpc) is 2.55. The molecule has 0 aromatic heterocycles. The number of ether oxygens (including phenoxy) is 1. The highest BCUT2D eigenvalue weighted by Crippen LogP contribution is 2.05. The summed E-state index contributed by atoms with van der Waals surface area (Å²) < 4.78 is 5.30. The van der Waals surface area contributed by atoms with E-state index in [1.165, 1.54) is 0 Å². The zero-order valence-corrected chi connectivity index (χ0v) is 13.6. The molecule has 0 spiro atoms. The number of carbonyl (C=O) groups is 1. The zero-order valence-electron chi connectivity index (χ0n) is 12.7. The number of piperazine rings is 1. The molecule has 6 heteroatoms. The first-order valence-corrected chi connectivity index (χ1v) is 8.24. The van der Waals surface area contributed by atoms with Gasteiger partial charge in [-0.15, -0.1) is 0 Å². The fourth-order valence-corrected chi connectivity index (χ4v) is 2.57. The quantitative estimate of drug-likeness (QED) is 0.569. The number of carbonyl (C=O) groups excluding carboxylic acids is 1.